The Morgan fingerprint density at radius 2 is 2.00 bits per heavy atom. The molecule has 4 aromatic rings. The van der Waals surface area contributed by atoms with E-state index >= 15 is 0 Å². The van der Waals surface area contributed by atoms with Gasteiger partial charge in [-0.25, -0.2) is 4.52 Å². The van der Waals surface area contributed by atoms with E-state index in [1.807, 2.05) is 26.0 Å². The van der Waals surface area contributed by atoms with Gasteiger partial charge in [0, 0.05) is 42.8 Å². The van der Waals surface area contributed by atoms with Gasteiger partial charge in [0.2, 0.25) is 0 Å². The van der Waals surface area contributed by atoms with E-state index in [4.69, 9.17) is 9.15 Å². The molecule has 9 heteroatoms. The van der Waals surface area contributed by atoms with E-state index in [-0.39, 0.29) is 17.9 Å². The van der Waals surface area contributed by atoms with Gasteiger partial charge in [0.1, 0.15) is 22.6 Å². The molecule has 1 saturated heterocycles. The third-order valence-electron chi connectivity index (χ3n) is 9.48. The number of furan rings is 1. The summed E-state index contributed by atoms with van der Waals surface area (Å²) in [5.74, 6) is 1.49. The number of likely N-dealkylation sites (tertiary alicyclic amines) is 1. The molecule has 40 heavy (non-hydrogen) atoms. The van der Waals surface area contributed by atoms with Crippen molar-refractivity contribution in [2.45, 2.75) is 70.9 Å². The number of nitrogens with one attached hydrogen (secondary N) is 1. The summed E-state index contributed by atoms with van der Waals surface area (Å²) in [5.41, 5.74) is 2.61. The van der Waals surface area contributed by atoms with E-state index in [0.717, 1.165) is 17.4 Å². The summed E-state index contributed by atoms with van der Waals surface area (Å²) in [7, 11) is 0. The molecule has 2 amide bonds. The molecule has 3 aliphatic rings. The summed E-state index contributed by atoms with van der Waals surface area (Å²) in [5, 5.41) is 18.8. The fraction of sp³-hybridized carbons (Fsp3) is 0.452. The van der Waals surface area contributed by atoms with Gasteiger partial charge in [-0.15, -0.1) is 0 Å². The van der Waals surface area contributed by atoms with Crippen LogP contribution in [0.25, 0.3) is 16.5 Å². The van der Waals surface area contributed by atoms with Crippen molar-refractivity contribution in [2.75, 3.05) is 13.1 Å². The van der Waals surface area contributed by atoms with Crippen molar-refractivity contribution in [3.05, 3.63) is 59.1 Å². The molecule has 1 aromatic carbocycles. The number of benzene rings is 1. The minimum atomic E-state index is -0.866. The quantitative estimate of drug-likeness (QED) is 0.361. The molecule has 1 spiro atoms. The number of fused-ring (bicyclic) bond motifs is 2. The third kappa shape index (κ3) is 3.90. The molecule has 7 rings (SSSR count). The summed E-state index contributed by atoms with van der Waals surface area (Å²) >= 11 is 0. The molecule has 0 bridgehead atoms. The molecule has 1 unspecified atom stereocenters. The number of carbonyl (C=O) groups is 2. The molecule has 2 aliphatic carbocycles. The van der Waals surface area contributed by atoms with Crippen molar-refractivity contribution in [2.24, 2.45) is 5.41 Å². The van der Waals surface area contributed by atoms with Gasteiger partial charge in [-0.1, -0.05) is 6.42 Å². The molecule has 1 aliphatic heterocycles. The van der Waals surface area contributed by atoms with Crippen LogP contribution in [0.5, 0.6) is 11.5 Å². The van der Waals surface area contributed by atoms with E-state index < -0.39 is 5.60 Å². The number of aromatic nitrogens is 2. The Bertz CT molecular complexity index is 1670. The molecule has 2 N–H and O–H groups in total. The SMILES string of the molecule is Cc1oc2cc(Oc3ccnn4cc(C(=O)N5CC[C@@](C)(O)C5)c(C)c34)ccc2c1C(=O)NC1CCC12CCC2. The molecular weight excluding hydrogens is 508 g/mol. The Hall–Kier alpha value is -3.85. The van der Waals surface area contributed by atoms with E-state index in [1.54, 1.807) is 40.9 Å². The smallest absolute Gasteiger partial charge is 0.255 e. The van der Waals surface area contributed by atoms with E-state index in [1.165, 1.54) is 25.7 Å². The van der Waals surface area contributed by atoms with Gasteiger partial charge in [-0.3, -0.25) is 9.59 Å². The van der Waals surface area contributed by atoms with E-state index in [9.17, 15) is 14.7 Å². The zero-order valence-corrected chi connectivity index (χ0v) is 23.1. The van der Waals surface area contributed by atoms with Gasteiger partial charge < -0.3 is 24.5 Å². The predicted molar refractivity (Wildman–Crippen MR) is 149 cm³/mol. The van der Waals surface area contributed by atoms with Crippen LogP contribution in [-0.4, -0.2) is 56.2 Å². The van der Waals surface area contributed by atoms with Crippen molar-refractivity contribution in [3.63, 3.8) is 0 Å². The predicted octanol–water partition coefficient (Wildman–Crippen LogP) is 5.15. The largest absolute Gasteiger partial charge is 0.460 e. The molecular formula is C31H34N4O5. The lowest BCUT2D eigenvalue weighted by atomic mass is 9.53. The second-order valence-corrected chi connectivity index (χ2v) is 12.2. The van der Waals surface area contributed by atoms with Crippen LogP contribution in [-0.2, 0) is 0 Å². The number of ether oxygens (including phenoxy) is 1. The monoisotopic (exact) mass is 542 g/mol. The summed E-state index contributed by atoms with van der Waals surface area (Å²) in [6.45, 7) is 6.27. The Balaban J connectivity index is 1.15. The maximum absolute atomic E-state index is 13.3. The molecule has 9 nitrogen and oxygen atoms in total. The number of rotatable bonds is 5. The van der Waals surface area contributed by atoms with Gasteiger partial charge in [0.15, 0.2) is 5.75 Å². The van der Waals surface area contributed by atoms with Crippen LogP contribution in [0.2, 0.25) is 0 Å². The number of hydrogen-bond donors (Lipinski definition) is 2. The normalized spacial score (nSPS) is 23.4. The van der Waals surface area contributed by atoms with Crippen LogP contribution in [0.1, 0.15) is 77.5 Å². The minimum absolute atomic E-state index is 0.0720. The maximum Gasteiger partial charge on any atom is 0.255 e. The Morgan fingerprint density at radius 3 is 2.67 bits per heavy atom. The molecule has 2 saturated carbocycles. The van der Waals surface area contributed by atoms with Crippen molar-refractivity contribution < 1.29 is 23.8 Å². The lowest BCUT2D eigenvalue weighted by Gasteiger charge is -2.56. The van der Waals surface area contributed by atoms with Crippen LogP contribution in [0, 0.1) is 19.3 Å². The Labute approximate surface area is 232 Å². The molecule has 4 heterocycles. The zero-order valence-electron chi connectivity index (χ0n) is 23.1. The number of aliphatic hydroxyl groups is 1. The molecule has 3 fully saturated rings. The summed E-state index contributed by atoms with van der Waals surface area (Å²) in [6, 6.07) is 7.52. The summed E-state index contributed by atoms with van der Waals surface area (Å²) in [4.78, 5) is 28.2. The topological polar surface area (TPSA) is 109 Å². The number of carbonyl (C=O) groups excluding carboxylic acids is 2. The highest BCUT2D eigenvalue weighted by Gasteiger charge is 2.51. The molecule has 0 radical (unpaired) electrons. The first-order chi connectivity index (χ1) is 19.1. The third-order valence-corrected chi connectivity index (χ3v) is 9.48. The average molecular weight is 543 g/mol. The first-order valence-corrected chi connectivity index (χ1v) is 14.1. The lowest BCUT2D eigenvalue weighted by molar-refractivity contribution is -0.0147. The minimum Gasteiger partial charge on any atom is -0.460 e. The van der Waals surface area contributed by atoms with Crippen LogP contribution in [0.15, 0.2) is 41.1 Å². The van der Waals surface area contributed by atoms with Crippen LogP contribution in [0.3, 0.4) is 0 Å². The molecule has 3 aromatic heterocycles. The van der Waals surface area contributed by atoms with Crippen molar-refractivity contribution in [1.82, 2.24) is 19.8 Å². The van der Waals surface area contributed by atoms with Crippen LogP contribution >= 0.6 is 0 Å². The average Bonchev–Trinajstić information content (AvgIpc) is 3.52. The molecule has 2 atom stereocenters. The van der Waals surface area contributed by atoms with Crippen LogP contribution < -0.4 is 10.1 Å². The number of β-amino-alcohol motifs (C(OH)–C–C–N with tert-alkyl or cyclic N) is 1. The first-order valence-electron chi connectivity index (χ1n) is 14.1. The number of hydrogen-bond acceptors (Lipinski definition) is 6. The first kappa shape index (κ1) is 25.1. The fourth-order valence-corrected chi connectivity index (χ4v) is 6.86. The number of aryl methyl sites for hydroxylation is 2. The highest BCUT2D eigenvalue weighted by Crippen LogP contribution is 2.56. The van der Waals surface area contributed by atoms with Gasteiger partial charge in [0.25, 0.3) is 11.8 Å². The van der Waals surface area contributed by atoms with E-state index in [2.05, 4.69) is 10.4 Å². The fourth-order valence-electron chi connectivity index (χ4n) is 6.86. The Morgan fingerprint density at radius 1 is 1.18 bits per heavy atom. The summed E-state index contributed by atoms with van der Waals surface area (Å²) in [6.07, 6.45) is 9.84. The van der Waals surface area contributed by atoms with Crippen molar-refractivity contribution in [3.8, 4) is 11.5 Å². The molecule has 208 valence electrons. The highest BCUT2D eigenvalue weighted by atomic mass is 16.5. The van der Waals surface area contributed by atoms with Gasteiger partial charge in [-0.2, -0.15) is 5.10 Å². The van der Waals surface area contributed by atoms with Crippen LogP contribution in [0.4, 0.5) is 0 Å². The second-order valence-electron chi connectivity index (χ2n) is 12.2. The zero-order chi connectivity index (χ0) is 27.8. The van der Waals surface area contributed by atoms with Gasteiger partial charge in [0.05, 0.1) is 22.9 Å². The van der Waals surface area contributed by atoms with Crippen molar-refractivity contribution in [1.29, 1.82) is 0 Å². The Kier molecular flexibility index (Phi) is 5.55. The standard InChI is InChI=1S/C31H34N4O5/c1-18-22(29(37)34-14-12-30(3,38)17-34)16-35-27(18)23(8-13-32-35)40-20-5-6-21-24(15-20)39-19(2)26(21)28(36)33-25-7-11-31(25)9-4-10-31/h5-6,8,13,15-16,25,38H,4,7,9-12,14,17H2,1-3H3,(H,33,36)/t25?,30-/m1/s1. The number of amides is 2. The lowest BCUT2D eigenvalue weighted by Crippen LogP contribution is -2.58. The highest BCUT2D eigenvalue weighted by molar-refractivity contribution is 6.07. The van der Waals surface area contributed by atoms with Crippen molar-refractivity contribution >= 4 is 28.3 Å². The van der Waals surface area contributed by atoms with E-state index in [0.29, 0.717) is 64.4 Å². The van der Waals surface area contributed by atoms with Gasteiger partial charge >= 0.3 is 0 Å². The second kappa shape index (κ2) is 8.83. The number of nitrogens with zero attached hydrogens (tertiary/aromatic N) is 3. The van der Waals surface area contributed by atoms with Gasteiger partial charge in [-0.05, 0) is 76.0 Å². The maximum atomic E-state index is 13.3. The summed E-state index contributed by atoms with van der Waals surface area (Å²) < 4.78 is 14.0.